The third kappa shape index (κ3) is 2.41. The van der Waals surface area contributed by atoms with Gasteiger partial charge in [-0.05, 0) is 25.1 Å². The highest BCUT2D eigenvalue weighted by Gasteiger charge is 2.49. The van der Waals surface area contributed by atoms with Gasteiger partial charge in [-0.3, -0.25) is 9.78 Å². The van der Waals surface area contributed by atoms with Crippen LogP contribution in [0.25, 0.3) is 0 Å². The van der Waals surface area contributed by atoms with Gasteiger partial charge < -0.3 is 20.0 Å². The van der Waals surface area contributed by atoms with Crippen LogP contribution in [0.2, 0.25) is 0 Å². The van der Waals surface area contributed by atoms with E-state index < -0.39 is 0 Å². The minimum atomic E-state index is -0.342. The maximum atomic E-state index is 12.5. The number of urea groups is 1. The maximum absolute atomic E-state index is 12.5. The van der Waals surface area contributed by atoms with E-state index in [4.69, 9.17) is 0 Å². The standard InChI is InChI=1S/C15H21N5O2/c1-18(2)14(22)20-9-13(21)19(12-4-3-6-16-8-12)11-15(20)5-7-17-10-15/h3-4,6,8,17H,5,7,9-11H2,1-2H3. The van der Waals surface area contributed by atoms with Crippen LogP contribution in [0.1, 0.15) is 6.42 Å². The lowest BCUT2D eigenvalue weighted by Crippen LogP contribution is -2.68. The van der Waals surface area contributed by atoms with E-state index in [1.807, 2.05) is 12.1 Å². The van der Waals surface area contributed by atoms with Crippen LogP contribution in [-0.2, 0) is 4.79 Å². The molecule has 1 unspecified atom stereocenters. The fourth-order valence-corrected chi connectivity index (χ4v) is 3.21. The number of rotatable bonds is 1. The normalized spacial score (nSPS) is 24.9. The number of nitrogens with one attached hydrogen (secondary N) is 1. The fraction of sp³-hybridized carbons (Fsp3) is 0.533. The minimum Gasteiger partial charge on any atom is -0.331 e. The highest BCUT2D eigenvalue weighted by atomic mass is 16.2. The largest absolute Gasteiger partial charge is 0.331 e. The molecule has 1 aromatic rings. The number of hydrogen-bond acceptors (Lipinski definition) is 4. The molecule has 3 heterocycles. The average molecular weight is 303 g/mol. The second-order valence-electron chi connectivity index (χ2n) is 6.11. The van der Waals surface area contributed by atoms with Crippen LogP contribution < -0.4 is 10.2 Å². The van der Waals surface area contributed by atoms with Gasteiger partial charge in [0.2, 0.25) is 5.91 Å². The number of nitrogens with zero attached hydrogens (tertiary/aromatic N) is 4. The first-order valence-corrected chi connectivity index (χ1v) is 7.43. The molecule has 1 N–H and O–H groups in total. The van der Waals surface area contributed by atoms with Crippen LogP contribution in [-0.4, -0.2) is 72.5 Å². The van der Waals surface area contributed by atoms with Crippen molar-refractivity contribution in [3.63, 3.8) is 0 Å². The van der Waals surface area contributed by atoms with Crippen molar-refractivity contribution in [1.82, 2.24) is 20.1 Å². The first kappa shape index (κ1) is 14.8. The van der Waals surface area contributed by atoms with Gasteiger partial charge in [0, 0.05) is 26.8 Å². The van der Waals surface area contributed by atoms with Gasteiger partial charge in [0.25, 0.3) is 0 Å². The molecule has 1 atom stereocenters. The maximum Gasteiger partial charge on any atom is 0.320 e. The molecule has 2 saturated heterocycles. The molecular weight excluding hydrogens is 282 g/mol. The lowest BCUT2D eigenvalue weighted by atomic mass is 9.92. The Morgan fingerprint density at radius 3 is 2.86 bits per heavy atom. The Bertz CT molecular complexity index is 569. The van der Waals surface area contributed by atoms with Gasteiger partial charge in [-0.2, -0.15) is 0 Å². The molecule has 0 radical (unpaired) electrons. The molecule has 2 aliphatic rings. The molecule has 3 amide bonds. The minimum absolute atomic E-state index is 0.0688. The third-order valence-corrected chi connectivity index (χ3v) is 4.41. The zero-order valence-electron chi connectivity index (χ0n) is 13.0. The summed E-state index contributed by atoms with van der Waals surface area (Å²) in [5.74, 6) is -0.0688. The quantitative estimate of drug-likeness (QED) is 0.801. The zero-order valence-corrected chi connectivity index (χ0v) is 13.0. The monoisotopic (exact) mass is 303 g/mol. The third-order valence-electron chi connectivity index (χ3n) is 4.41. The summed E-state index contributed by atoms with van der Waals surface area (Å²) < 4.78 is 0. The molecule has 1 spiro atoms. The van der Waals surface area contributed by atoms with Crippen LogP contribution in [0, 0.1) is 0 Å². The van der Waals surface area contributed by atoms with Crippen molar-refractivity contribution in [2.75, 3.05) is 45.2 Å². The highest BCUT2D eigenvalue weighted by molar-refractivity contribution is 5.98. The van der Waals surface area contributed by atoms with E-state index >= 15 is 0 Å². The van der Waals surface area contributed by atoms with Crippen LogP contribution in [0.15, 0.2) is 24.5 Å². The van der Waals surface area contributed by atoms with Gasteiger partial charge in [-0.25, -0.2) is 4.79 Å². The first-order valence-electron chi connectivity index (χ1n) is 7.43. The number of amides is 3. The van der Waals surface area contributed by atoms with Gasteiger partial charge in [0.1, 0.15) is 6.54 Å². The van der Waals surface area contributed by atoms with E-state index in [1.165, 1.54) is 4.90 Å². The molecular formula is C15H21N5O2. The van der Waals surface area contributed by atoms with E-state index in [0.717, 1.165) is 18.7 Å². The summed E-state index contributed by atoms with van der Waals surface area (Å²) in [5, 5.41) is 3.33. The predicted octanol–water partition coefficient (Wildman–Crippen LogP) is 0.144. The van der Waals surface area contributed by atoms with E-state index in [9.17, 15) is 9.59 Å². The smallest absolute Gasteiger partial charge is 0.320 e. The SMILES string of the molecule is CN(C)C(=O)N1CC(=O)N(c2cccnc2)CC12CCNC2. The van der Waals surface area contributed by atoms with Gasteiger partial charge in [-0.15, -0.1) is 0 Å². The molecule has 0 saturated carbocycles. The van der Waals surface area contributed by atoms with Gasteiger partial charge >= 0.3 is 6.03 Å². The van der Waals surface area contributed by atoms with Crippen molar-refractivity contribution in [2.24, 2.45) is 0 Å². The second-order valence-corrected chi connectivity index (χ2v) is 6.11. The predicted molar refractivity (Wildman–Crippen MR) is 82.6 cm³/mol. The second kappa shape index (κ2) is 5.57. The van der Waals surface area contributed by atoms with Gasteiger partial charge in [0.15, 0.2) is 0 Å². The van der Waals surface area contributed by atoms with Crippen molar-refractivity contribution >= 4 is 17.6 Å². The van der Waals surface area contributed by atoms with Crippen LogP contribution in [0.4, 0.5) is 10.5 Å². The Balaban J connectivity index is 1.92. The van der Waals surface area contributed by atoms with E-state index in [-0.39, 0.29) is 24.0 Å². The number of hydrogen-bond donors (Lipinski definition) is 1. The summed E-state index contributed by atoms with van der Waals surface area (Å²) in [6, 6.07) is 3.59. The Morgan fingerprint density at radius 2 is 2.27 bits per heavy atom. The number of aromatic nitrogens is 1. The summed E-state index contributed by atoms with van der Waals surface area (Å²) in [6.45, 7) is 2.17. The molecule has 0 aliphatic carbocycles. The molecule has 7 heteroatoms. The highest BCUT2D eigenvalue weighted by Crippen LogP contribution is 2.31. The summed E-state index contributed by atoms with van der Waals surface area (Å²) >= 11 is 0. The molecule has 0 bridgehead atoms. The van der Waals surface area contributed by atoms with Crippen molar-refractivity contribution in [1.29, 1.82) is 0 Å². The number of piperazine rings is 1. The topological polar surface area (TPSA) is 68.8 Å². The summed E-state index contributed by atoms with van der Waals surface area (Å²) in [4.78, 5) is 34.1. The molecule has 2 fully saturated rings. The Kier molecular flexibility index (Phi) is 3.74. The van der Waals surface area contributed by atoms with E-state index in [0.29, 0.717) is 13.1 Å². The van der Waals surface area contributed by atoms with Crippen molar-refractivity contribution in [3.8, 4) is 0 Å². The lowest BCUT2D eigenvalue weighted by Gasteiger charge is -2.48. The Hall–Kier alpha value is -2.15. The molecule has 2 aliphatic heterocycles. The summed E-state index contributed by atoms with van der Waals surface area (Å²) in [5.41, 5.74) is 0.446. The molecule has 118 valence electrons. The van der Waals surface area contributed by atoms with E-state index in [2.05, 4.69) is 10.3 Å². The number of carbonyl (C=O) groups is 2. The zero-order chi connectivity index (χ0) is 15.7. The van der Waals surface area contributed by atoms with Crippen molar-refractivity contribution in [3.05, 3.63) is 24.5 Å². The summed E-state index contributed by atoms with van der Waals surface area (Å²) in [7, 11) is 3.44. The average Bonchev–Trinajstić information content (AvgIpc) is 2.98. The van der Waals surface area contributed by atoms with Crippen LogP contribution in [0.3, 0.4) is 0 Å². The first-order chi connectivity index (χ1) is 10.5. The number of anilines is 1. The molecule has 7 nitrogen and oxygen atoms in total. The van der Waals surface area contributed by atoms with Gasteiger partial charge in [-0.1, -0.05) is 0 Å². The van der Waals surface area contributed by atoms with Crippen molar-refractivity contribution < 1.29 is 9.59 Å². The fourth-order valence-electron chi connectivity index (χ4n) is 3.21. The van der Waals surface area contributed by atoms with Crippen LogP contribution in [0.5, 0.6) is 0 Å². The van der Waals surface area contributed by atoms with Crippen molar-refractivity contribution in [2.45, 2.75) is 12.0 Å². The number of carbonyl (C=O) groups excluding carboxylic acids is 2. The molecule has 22 heavy (non-hydrogen) atoms. The molecule has 3 rings (SSSR count). The van der Waals surface area contributed by atoms with Gasteiger partial charge in [0.05, 0.1) is 24.0 Å². The summed E-state index contributed by atoms with van der Waals surface area (Å²) in [6.07, 6.45) is 4.22. The van der Waals surface area contributed by atoms with E-state index in [1.54, 1.807) is 36.3 Å². The number of pyridine rings is 1. The molecule has 0 aromatic carbocycles. The Labute approximate surface area is 129 Å². The lowest BCUT2D eigenvalue weighted by molar-refractivity contribution is -0.123. The molecule has 1 aromatic heterocycles. The van der Waals surface area contributed by atoms with Crippen LogP contribution >= 0.6 is 0 Å². The Morgan fingerprint density at radius 1 is 1.45 bits per heavy atom.